The number of rotatable bonds is 5. The Balaban J connectivity index is 1.42. The van der Waals surface area contributed by atoms with Gasteiger partial charge in [-0.25, -0.2) is 9.97 Å². The molecule has 8 heteroatoms. The van der Waals surface area contributed by atoms with Gasteiger partial charge in [0.05, 0.1) is 11.1 Å². The Labute approximate surface area is 202 Å². The maximum Gasteiger partial charge on any atom is 0.219 e. The van der Waals surface area contributed by atoms with Crippen LogP contribution in [0.1, 0.15) is 42.5 Å². The molecule has 0 N–H and O–H groups in total. The van der Waals surface area contributed by atoms with Crippen LogP contribution in [0.2, 0.25) is 5.02 Å². The van der Waals surface area contributed by atoms with Crippen molar-refractivity contribution in [3.8, 4) is 0 Å². The minimum atomic E-state index is 0.144. The average Bonchev–Trinajstić information content (AvgIpc) is 3.39. The molecule has 1 aliphatic carbocycles. The van der Waals surface area contributed by atoms with Crippen LogP contribution < -0.4 is 4.90 Å². The van der Waals surface area contributed by atoms with Crippen molar-refractivity contribution in [3.63, 3.8) is 0 Å². The van der Waals surface area contributed by atoms with Crippen molar-refractivity contribution in [3.05, 3.63) is 45.6 Å². The zero-order valence-corrected chi connectivity index (χ0v) is 20.8. The second kappa shape index (κ2) is 9.20. The second-order valence-electron chi connectivity index (χ2n) is 8.59. The molecular weight excluding hydrogens is 460 g/mol. The number of anilines is 1. The molecule has 3 aromatic rings. The fourth-order valence-electron chi connectivity index (χ4n) is 4.71. The lowest BCUT2D eigenvalue weighted by Crippen LogP contribution is -2.45. The van der Waals surface area contributed by atoms with Gasteiger partial charge in [-0.05, 0) is 61.9 Å². The number of amides is 1. The van der Waals surface area contributed by atoms with Crippen molar-refractivity contribution in [1.29, 1.82) is 0 Å². The van der Waals surface area contributed by atoms with E-state index in [1.807, 2.05) is 47.5 Å². The van der Waals surface area contributed by atoms with Crippen LogP contribution in [-0.4, -0.2) is 47.0 Å². The highest BCUT2D eigenvalue weighted by Crippen LogP contribution is 2.41. The number of aromatic nitrogens is 2. The number of hydrogen-bond donors (Lipinski definition) is 0. The van der Waals surface area contributed by atoms with E-state index in [1.54, 1.807) is 18.7 Å². The quantitative estimate of drug-likeness (QED) is 0.441. The number of hydrogen-bond acceptors (Lipinski definition) is 6. The maximum atomic E-state index is 11.8. The number of nitrogens with zero attached hydrogens (tertiary/aromatic N) is 4. The fraction of sp³-hybridized carbons (Fsp3) is 0.458. The van der Waals surface area contributed by atoms with Crippen LogP contribution in [0.15, 0.2) is 29.2 Å². The van der Waals surface area contributed by atoms with Gasteiger partial charge in [0.15, 0.2) is 0 Å². The predicted octanol–water partition coefficient (Wildman–Crippen LogP) is 5.57. The van der Waals surface area contributed by atoms with Gasteiger partial charge in [0.2, 0.25) is 5.91 Å². The maximum absolute atomic E-state index is 11.8. The van der Waals surface area contributed by atoms with E-state index < -0.39 is 0 Å². The molecule has 1 amide bonds. The molecule has 0 unspecified atom stereocenters. The molecule has 1 aromatic carbocycles. The van der Waals surface area contributed by atoms with Crippen LogP contribution in [-0.2, 0) is 23.4 Å². The number of thiophene rings is 1. The summed E-state index contributed by atoms with van der Waals surface area (Å²) >= 11 is 9.62. The smallest absolute Gasteiger partial charge is 0.219 e. The van der Waals surface area contributed by atoms with Crippen molar-refractivity contribution >= 4 is 56.6 Å². The molecule has 5 nitrogen and oxygen atoms in total. The summed E-state index contributed by atoms with van der Waals surface area (Å²) in [5, 5.41) is 2.03. The zero-order valence-electron chi connectivity index (χ0n) is 18.4. The SMILES string of the molecule is CC(=O)N(C)C1CCN(c2nc(CSc3ccc(Cl)cc3)nc3sc4c(c23)CCC4)CC1. The largest absolute Gasteiger partial charge is 0.356 e. The van der Waals surface area contributed by atoms with Gasteiger partial charge < -0.3 is 9.80 Å². The Bertz CT molecular complexity index is 1140. The van der Waals surface area contributed by atoms with Crippen molar-refractivity contribution < 1.29 is 4.79 Å². The van der Waals surface area contributed by atoms with E-state index in [9.17, 15) is 4.79 Å². The minimum Gasteiger partial charge on any atom is -0.356 e. The molecule has 168 valence electrons. The summed E-state index contributed by atoms with van der Waals surface area (Å²) in [6, 6.07) is 8.25. The van der Waals surface area contributed by atoms with Gasteiger partial charge >= 0.3 is 0 Å². The highest BCUT2D eigenvalue weighted by atomic mass is 35.5. The van der Waals surface area contributed by atoms with Gasteiger partial charge in [-0.1, -0.05) is 11.6 Å². The Morgan fingerprint density at radius 2 is 1.97 bits per heavy atom. The third-order valence-electron chi connectivity index (χ3n) is 6.58. The van der Waals surface area contributed by atoms with Gasteiger partial charge in [-0.2, -0.15) is 0 Å². The summed E-state index contributed by atoms with van der Waals surface area (Å²) in [7, 11) is 1.92. The van der Waals surface area contributed by atoms with Gasteiger partial charge in [0.25, 0.3) is 0 Å². The first kappa shape index (κ1) is 22.0. The first-order valence-electron chi connectivity index (χ1n) is 11.2. The number of thioether (sulfide) groups is 1. The van der Waals surface area contributed by atoms with E-state index in [-0.39, 0.29) is 5.91 Å². The van der Waals surface area contributed by atoms with E-state index in [0.29, 0.717) is 6.04 Å². The molecule has 3 heterocycles. The summed E-state index contributed by atoms with van der Waals surface area (Å²) in [6.45, 7) is 3.49. The van der Waals surface area contributed by atoms with Crippen molar-refractivity contribution in [2.45, 2.75) is 55.7 Å². The standard InChI is InChI=1S/C24H27ClN4OS2/c1-15(30)28(2)17-10-12-29(13-11-17)23-22-19-4-3-5-20(19)32-24(22)27-21(26-23)14-31-18-8-6-16(25)7-9-18/h6-9,17H,3-5,10-14H2,1-2H3. The van der Waals surface area contributed by atoms with E-state index in [0.717, 1.165) is 66.0 Å². The minimum absolute atomic E-state index is 0.144. The Morgan fingerprint density at radius 1 is 1.22 bits per heavy atom. The highest BCUT2D eigenvalue weighted by molar-refractivity contribution is 7.98. The number of carbonyl (C=O) groups excluding carboxylic acids is 1. The third-order valence-corrected chi connectivity index (χ3v) is 9.03. The molecule has 0 saturated carbocycles. The molecule has 1 saturated heterocycles. The molecule has 0 spiro atoms. The molecule has 0 radical (unpaired) electrons. The van der Waals surface area contributed by atoms with Crippen molar-refractivity contribution in [1.82, 2.24) is 14.9 Å². The van der Waals surface area contributed by atoms with E-state index >= 15 is 0 Å². The van der Waals surface area contributed by atoms with Crippen molar-refractivity contribution in [2.75, 3.05) is 25.0 Å². The second-order valence-corrected chi connectivity index (χ2v) is 11.2. The van der Waals surface area contributed by atoms with Gasteiger partial charge in [0.1, 0.15) is 16.5 Å². The van der Waals surface area contributed by atoms with Crippen LogP contribution in [0, 0.1) is 0 Å². The van der Waals surface area contributed by atoms with Crippen LogP contribution in [0.5, 0.6) is 0 Å². The zero-order chi connectivity index (χ0) is 22.2. The Kier molecular flexibility index (Phi) is 6.32. The summed E-state index contributed by atoms with van der Waals surface area (Å²) in [5.41, 5.74) is 1.47. The van der Waals surface area contributed by atoms with Crippen molar-refractivity contribution in [2.24, 2.45) is 0 Å². The lowest BCUT2D eigenvalue weighted by molar-refractivity contribution is -0.129. The molecule has 2 aliphatic rings. The number of fused-ring (bicyclic) bond motifs is 3. The van der Waals surface area contributed by atoms with Gasteiger partial charge in [-0.15, -0.1) is 23.1 Å². The van der Waals surface area contributed by atoms with E-state index in [1.165, 1.54) is 27.1 Å². The monoisotopic (exact) mass is 486 g/mol. The fourth-order valence-corrected chi connectivity index (χ4v) is 6.87. The van der Waals surface area contributed by atoms with Gasteiger partial charge in [0, 0.05) is 47.9 Å². The Morgan fingerprint density at radius 3 is 2.69 bits per heavy atom. The van der Waals surface area contributed by atoms with Gasteiger partial charge in [-0.3, -0.25) is 4.79 Å². The topological polar surface area (TPSA) is 49.3 Å². The number of carbonyl (C=O) groups is 1. The first-order valence-corrected chi connectivity index (χ1v) is 13.4. The summed E-state index contributed by atoms with van der Waals surface area (Å²) in [4.78, 5) is 30.0. The molecule has 0 bridgehead atoms. The van der Waals surface area contributed by atoms with Crippen LogP contribution in [0.4, 0.5) is 5.82 Å². The third kappa shape index (κ3) is 4.35. The summed E-state index contributed by atoms with van der Waals surface area (Å²) in [5.74, 6) is 2.86. The predicted molar refractivity (Wildman–Crippen MR) is 134 cm³/mol. The molecule has 0 atom stereocenters. The summed E-state index contributed by atoms with van der Waals surface area (Å²) in [6.07, 6.45) is 5.48. The number of benzene rings is 1. The molecule has 2 aromatic heterocycles. The lowest BCUT2D eigenvalue weighted by atomic mass is 10.0. The first-order chi connectivity index (χ1) is 15.5. The molecule has 32 heavy (non-hydrogen) atoms. The molecule has 1 aliphatic heterocycles. The van der Waals surface area contributed by atoms with Crippen LogP contribution >= 0.6 is 34.7 Å². The molecular formula is C24H27ClN4OS2. The van der Waals surface area contributed by atoms with Crippen LogP contribution in [0.25, 0.3) is 10.2 Å². The number of aryl methyl sites for hydroxylation is 2. The molecule has 1 fully saturated rings. The number of halogens is 1. The van der Waals surface area contributed by atoms with Crippen LogP contribution in [0.3, 0.4) is 0 Å². The summed E-state index contributed by atoms with van der Waals surface area (Å²) < 4.78 is 0. The molecule has 5 rings (SSSR count). The highest BCUT2D eigenvalue weighted by Gasteiger charge is 2.29. The van der Waals surface area contributed by atoms with E-state index in [2.05, 4.69) is 4.90 Å². The lowest BCUT2D eigenvalue weighted by Gasteiger charge is -2.37. The Hall–Kier alpha value is -1.83. The van der Waals surface area contributed by atoms with E-state index in [4.69, 9.17) is 21.6 Å². The normalized spacial score (nSPS) is 16.5. The average molecular weight is 487 g/mol. The number of piperidine rings is 1.